The van der Waals surface area contributed by atoms with Crippen LogP contribution in [0.3, 0.4) is 0 Å². The summed E-state index contributed by atoms with van der Waals surface area (Å²) in [4.78, 5) is 12.8. The van der Waals surface area contributed by atoms with E-state index in [1.807, 2.05) is 12.1 Å². The predicted molar refractivity (Wildman–Crippen MR) is 115 cm³/mol. The van der Waals surface area contributed by atoms with E-state index < -0.39 is 0 Å². The molecule has 1 amide bonds. The van der Waals surface area contributed by atoms with Crippen molar-refractivity contribution in [3.63, 3.8) is 0 Å². The van der Waals surface area contributed by atoms with Gasteiger partial charge in [0.15, 0.2) is 17.2 Å². The summed E-state index contributed by atoms with van der Waals surface area (Å²) in [5, 5.41) is 11.6. The lowest BCUT2D eigenvalue weighted by molar-refractivity contribution is 0.102. The first-order chi connectivity index (χ1) is 14.5. The monoisotopic (exact) mass is 426 g/mol. The molecule has 3 aromatic rings. The van der Waals surface area contributed by atoms with E-state index in [4.69, 9.17) is 21.1 Å². The molecule has 1 aliphatic carbocycles. The van der Waals surface area contributed by atoms with Gasteiger partial charge in [-0.1, -0.05) is 22.9 Å². The molecule has 1 saturated carbocycles. The van der Waals surface area contributed by atoms with Crippen molar-refractivity contribution in [2.24, 2.45) is 0 Å². The van der Waals surface area contributed by atoms with Gasteiger partial charge in [0.1, 0.15) is 0 Å². The molecule has 1 N–H and O–H groups in total. The second-order valence-electron chi connectivity index (χ2n) is 7.26. The molecular weight excluding hydrogens is 404 g/mol. The number of amides is 1. The van der Waals surface area contributed by atoms with Gasteiger partial charge in [-0.15, -0.1) is 5.10 Å². The summed E-state index contributed by atoms with van der Waals surface area (Å²) >= 11 is 6.06. The van der Waals surface area contributed by atoms with E-state index in [9.17, 15) is 4.79 Å². The standard InChI is InChI=1S/C22H23ClN4O3/c1-14-21(25-26-27(14)17-7-5-6-15(23)12-17)22(28)24-16-10-11-19(29-2)20(13-16)30-18-8-3-4-9-18/h5-7,10-13,18H,3-4,8-9H2,1-2H3,(H,24,28). The third-order valence-electron chi connectivity index (χ3n) is 5.18. The summed E-state index contributed by atoms with van der Waals surface area (Å²) in [5.74, 6) is 0.919. The molecule has 0 radical (unpaired) electrons. The Balaban J connectivity index is 1.54. The Morgan fingerprint density at radius 3 is 2.70 bits per heavy atom. The molecule has 0 bridgehead atoms. The van der Waals surface area contributed by atoms with Crippen molar-refractivity contribution >= 4 is 23.2 Å². The lowest BCUT2D eigenvalue weighted by Crippen LogP contribution is -2.15. The van der Waals surface area contributed by atoms with Gasteiger partial charge in [0, 0.05) is 16.8 Å². The van der Waals surface area contributed by atoms with E-state index in [2.05, 4.69) is 15.6 Å². The van der Waals surface area contributed by atoms with Crippen molar-refractivity contribution in [1.82, 2.24) is 15.0 Å². The van der Waals surface area contributed by atoms with Crippen LogP contribution in [-0.2, 0) is 0 Å². The van der Waals surface area contributed by atoms with Gasteiger partial charge in [-0.3, -0.25) is 4.79 Å². The van der Waals surface area contributed by atoms with Gasteiger partial charge >= 0.3 is 0 Å². The molecule has 7 nitrogen and oxygen atoms in total. The molecule has 0 atom stereocenters. The van der Waals surface area contributed by atoms with Crippen LogP contribution in [0.15, 0.2) is 42.5 Å². The molecule has 1 heterocycles. The summed E-state index contributed by atoms with van der Waals surface area (Å²) in [7, 11) is 1.60. The molecule has 1 aromatic heterocycles. The second kappa shape index (κ2) is 8.75. The number of hydrogen-bond acceptors (Lipinski definition) is 5. The molecule has 30 heavy (non-hydrogen) atoms. The molecule has 2 aromatic carbocycles. The number of ether oxygens (including phenoxy) is 2. The molecule has 4 rings (SSSR count). The van der Waals surface area contributed by atoms with Gasteiger partial charge in [0.2, 0.25) is 0 Å². The van der Waals surface area contributed by atoms with E-state index >= 15 is 0 Å². The topological polar surface area (TPSA) is 78.3 Å². The van der Waals surface area contributed by atoms with Crippen LogP contribution >= 0.6 is 11.6 Å². The Kier molecular flexibility index (Phi) is 5.90. The van der Waals surface area contributed by atoms with E-state index in [-0.39, 0.29) is 17.7 Å². The average Bonchev–Trinajstić information content (AvgIpc) is 3.38. The SMILES string of the molecule is COc1ccc(NC(=O)c2nnn(-c3cccc(Cl)c3)c2C)cc1OC1CCCC1. The van der Waals surface area contributed by atoms with E-state index in [1.54, 1.807) is 49.0 Å². The number of carbonyl (C=O) groups is 1. The lowest BCUT2D eigenvalue weighted by Gasteiger charge is -2.17. The highest BCUT2D eigenvalue weighted by atomic mass is 35.5. The number of rotatable bonds is 6. The van der Waals surface area contributed by atoms with Crippen molar-refractivity contribution in [2.75, 3.05) is 12.4 Å². The zero-order valence-electron chi connectivity index (χ0n) is 16.9. The number of halogens is 1. The lowest BCUT2D eigenvalue weighted by atomic mass is 10.2. The van der Waals surface area contributed by atoms with Crippen molar-refractivity contribution < 1.29 is 14.3 Å². The Labute approximate surface area is 179 Å². The fourth-order valence-electron chi connectivity index (χ4n) is 3.61. The second-order valence-corrected chi connectivity index (χ2v) is 7.70. The van der Waals surface area contributed by atoms with Gasteiger partial charge in [0.05, 0.1) is 24.6 Å². The zero-order valence-corrected chi connectivity index (χ0v) is 17.6. The minimum absolute atomic E-state index is 0.185. The van der Waals surface area contributed by atoms with Gasteiger partial charge in [-0.05, 0) is 62.9 Å². The smallest absolute Gasteiger partial charge is 0.278 e. The molecule has 1 aliphatic rings. The average molecular weight is 427 g/mol. The van der Waals surface area contributed by atoms with Crippen LogP contribution in [0.2, 0.25) is 5.02 Å². The number of methoxy groups -OCH3 is 1. The highest BCUT2D eigenvalue weighted by Gasteiger charge is 2.21. The number of hydrogen-bond donors (Lipinski definition) is 1. The Morgan fingerprint density at radius 2 is 1.97 bits per heavy atom. The molecule has 156 valence electrons. The number of nitrogens with zero attached hydrogens (tertiary/aromatic N) is 3. The molecule has 8 heteroatoms. The van der Waals surface area contributed by atoms with E-state index in [0.29, 0.717) is 27.9 Å². The Bertz CT molecular complexity index is 1060. The van der Waals surface area contributed by atoms with Crippen LogP contribution < -0.4 is 14.8 Å². The zero-order chi connectivity index (χ0) is 21.1. The third-order valence-corrected chi connectivity index (χ3v) is 5.41. The molecule has 0 spiro atoms. The number of nitrogens with one attached hydrogen (secondary N) is 1. The summed E-state index contributed by atoms with van der Waals surface area (Å²) < 4.78 is 13.1. The quantitative estimate of drug-likeness (QED) is 0.611. The number of aromatic nitrogens is 3. The predicted octanol–water partition coefficient (Wildman–Crippen LogP) is 4.81. The highest BCUT2D eigenvalue weighted by molar-refractivity contribution is 6.30. The van der Waals surface area contributed by atoms with Crippen molar-refractivity contribution in [1.29, 1.82) is 0 Å². The number of carbonyl (C=O) groups excluding carboxylic acids is 1. The van der Waals surface area contributed by atoms with Crippen molar-refractivity contribution in [3.05, 3.63) is 58.9 Å². The fraction of sp³-hybridized carbons (Fsp3) is 0.318. The Morgan fingerprint density at radius 1 is 1.17 bits per heavy atom. The van der Waals surface area contributed by atoms with Crippen LogP contribution in [0.5, 0.6) is 11.5 Å². The number of anilines is 1. The largest absolute Gasteiger partial charge is 0.493 e. The maximum atomic E-state index is 12.8. The minimum atomic E-state index is -0.349. The first-order valence-electron chi connectivity index (χ1n) is 9.89. The first-order valence-corrected chi connectivity index (χ1v) is 10.3. The number of benzene rings is 2. The summed E-state index contributed by atoms with van der Waals surface area (Å²) in [6.07, 6.45) is 4.59. The van der Waals surface area contributed by atoms with Crippen LogP contribution in [0.25, 0.3) is 5.69 Å². The van der Waals surface area contributed by atoms with Crippen LogP contribution in [0, 0.1) is 6.92 Å². The van der Waals surface area contributed by atoms with Crippen molar-refractivity contribution in [3.8, 4) is 17.2 Å². The molecule has 1 fully saturated rings. The van der Waals surface area contributed by atoms with Crippen LogP contribution in [0.4, 0.5) is 5.69 Å². The maximum Gasteiger partial charge on any atom is 0.278 e. The maximum absolute atomic E-state index is 12.8. The third kappa shape index (κ3) is 4.26. The molecule has 0 saturated heterocycles. The van der Waals surface area contributed by atoms with Crippen molar-refractivity contribution in [2.45, 2.75) is 38.7 Å². The summed E-state index contributed by atoms with van der Waals surface area (Å²) in [6, 6.07) is 12.6. The first kappa shape index (κ1) is 20.2. The van der Waals surface area contributed by atoms with Crippen LogP contribution in [-0.4, -0.2) is 34.1 Å². The normalized spacial score (nSPS) is 14.0. The molecular formula is C22H23ClN4O3. The highest BCUT2D eigenvalue weighted by Crippen LogP contribution is 2.34. The van der Waals surface area contributed by atoms with Gasteiger partial charge in [-0.25, -0.2) is 4.68 Å². The minimum Gasteiger partial charge on any atom is -0.493 e. The van der Waals surface area contributed by atoms with Gasteiger partial charge in [-0.2, -0.15) is 0 Å². The summed E-state index contributed by atoms with van der Waals surface area (Å²) in [5.41, 5.74) is 2.20. The van der Waals surface area contributed by atoms with E-state index in [0.717, 1.165) is 18.5 Å². The van der Waals surface area contributed by atoms with Crippen LogP contribution in [0.1, 0.15) is 41.9 Å². The Hall–Kier alpha value is -3.06. The van der Waals surface area contributed by atoms with Gasteiger partial charge < -0.3 is 14.8 Å². The van der Waals surface area contributed by atoms with E-state index in [1.165, 1.54) is 12.8 Å². The van der Waals surface area contributed by atoms with Gasteiger partial charge in [0.25, 0.3) is 5.91 Å². The molecule has 0 aliphatic heterocycles. The molecule has 0 unspecified atom stereocenters. The summed E-state index contributed by atoms with van der Waals surface area (Å²) in [6.45, 7) is 1.79. The fourth-order valence-corrected chi connectivity index (χ4v) is 3.80.